The lowest BCUT2D eigenvalue weighted by Gasteiger charge is -2.06. The second-order valence-electron chi connectivity index (χ2n) is 6.04. The summed E-state index contributed by atoms with van der Waals surface area (Å²) in [6.07, 6.45) is 7.71. The second kappa shape index (κ2) is 6.28. The van der Waals surface area contributed by atoms with E-state index in [9.17, 15) is 4.79 Å². The number of nitrogens with zero attached hydrogens (tertiary/aromatic N) is 3. The van der Waals surface area contributed by atoms with Crippen LogP contribution in [0.15, 0.2) is 73.4 Å². The molecule has 1 N–H and O–H groups in total. The van der Waals surface area contributed by atoms with Gasteiger partial charge >= 0.3 is 5.97 Å². The van der Waals surface area contributed by atoms with E-state index in [1.165, 1.54) is 16.5 Å². The largest absolute Gasteiger partial charge is 0.478 e. The van der Waals surface area contributed by atoms with E-state index in [0.717, 1.165) is 12.1 Å². The minimum Gasteiger partial charge on any atom is -0.478 e. The summed E-state index contributed by atoms with van der Waals surface area (Å²) in [5.41, 5.74) is 3.78. The second-order valence-corrected chi connectivity index (χ2v) is 6.04. The molecular weight excluding hydrogens is 314 g/mol. The number of carbonyl (C=O) groups is 1. The lowest BCUT2D eigenvalue weighted by atomic mass is 10.1. The number of aromatic nitrogens is 3. The van der Waals surface area contributed by atoms with Crippen molar-refractivity contribution in [1.82, 2.24) is 14.1 Å². The molecule has 2 aromatic heterocycles. The van der Waals surface area contributed by atoms with Gasteiger partial charge in [0.1, 0.15) is 0 Å². The predicted molar refractivity (Wildman–Crippen MR) is 95.8 cm³/mol. The van der Waals surface area contributed by atoms with E-state index >= 15 is 0 Å². The number of aromatic carboxylic acids is 1. The molecule has 0 fully saturated rings. The van der Waals surface area contributed by atoms with E-state index < -0.39 is 5.97 Å². The van der Waals surface area contributed by atoms with Crippen LogP contribution in [0.1, 0.15) is 21.5 Å². The average molecular weight is 331 g/mol. The lowest BCUT2D eigenvalue weighted by Crippen LogP contribution is -2.00. The first-order valence-electron chi connectivity index (χ1n) is 8.05. The summed E-state index contributed by atoms with van der Waals surface area (Å²) in [7, 11) is 0. The molecule has 5 nitrogen and oxygen atoms in total. The maximum atomic E-state index is 11.0. The highest BCUT2D eigenvalue weighted by Gasteiger charge is 2.09. The van der Waals surface area contributed by atoms with Gasteiger partial charge in [0.05, 0.1) is 18.4 Å². The zero-order chi connectivity index (χ0) is 17.2. The van der Waals surface area contributed by atoms with E-state index in [1.807, 2.05) is 41.4 Å². The highest BCUT2D eigenvalue weighted by molar-refractivity contribution is 5.87. The van der Waals surface area contributed by atoms with Crippen LogP contribution in [0.4, 0.5) is 0 Å². The Morgan fingerprint density at radius 1 is 1.04 bits per heavy atom. The van der Waals surface area contributed by atoms with Crippen molar-refractivity contribution in [2.45, 2.75) is 13.1 Å². The molecule has 0 bridgehead atoms. The Hall–Kier alpha value is -3.34. The van der Waals surface area contributed by atoms with Crippen LogP contribution in [-0.4, -0.2) is 25.2 Å². The third-order valence-electron chi connectivity index (χ3n) is 4.34. The minimum atomic E-state index is -0.902. The zero-order valence-electron chi connectivity index (χ0n) is 13.5. The molecule has 4 aromatic rings. The molecule has 2 heterocycles. The van der Waals surface area contributed by atoms with Gasteiger partial charge in [-0.2, -0.15) is 0 Å². The quantitative estimate of drug-likeness (QED) is 0.607. The number of hydrogen-bond donors (Lipinski definition) is 1. The number of hydrogen-bond acceptors (Lipinski definition) is 2. The molecule has 0 unspecified atom stereocenters. The SMILES string of the molecule is O=C(O)c1ccc(Cn2cc(Cn3ccnc3)c3ccccc32)cc1. The van der Waals surface area contributed by atoms with E-state index in [-0.39, 0.29) is 0 Å². The maximum Gasteiger partial charge on any atom is 0.335 e. The Morgan fingerprint density at radius 2 is 1.84 bits per heavy atom. The molecule has 2 aromatic carbocycles. The molecule has 0 amide bonds. The molecule has 0 aliphatic heterocycles. The number of benzene rings is 2. The van der Waals surface area contributed by atoms with Crippen LogP contribution in [0, 0.1) is 0 Å². The Bertz CT molecular complexity index is 1010. The van der Waals surface area contributed by atoms with Gasteiger partial charge in [-0.3, -0.25) is 0 Å². The summed E-state index contributed by atoms with van der Waals surface area (Å²) in [5.74, 6) is -0.902. The Kier molecular flexibility index (Phi) is 3.82. The number of imidazole rings is 1. The van der Waals surface area contributed by atoms with Gasteiger partial charge in [-0.05, 0) is 29.3 Å². The minimum absolute atomic E-state index is 0.307. The van der Waals surface area contributed by atoms with Crippen LogP contribution in [0.25, 0.3) is 10.9 Å². The van der Waals surface area contributed by atoms with Crippen molar-refractivity contribution in [1.29, 1.82) is 0 Å². The topological polar surface area (TPSA) is 60.0 Å². The zero-order valence-corrected chi connectivity index (χ0v) is 13.5. The third kappa shape index (κ3) is 3.04. The Labute approximate surface area is 144 Å². The van der Waals surface area contributed by atoms with Gasteiger partial charge < -0.3 is 14.2 Å². The van der Waals surface area contributed by atoms with Crippen molar-refractivity contribution in [3.8, 4) is 0 Å². The van der Waals surface area contributed by atoms with Gasteiger partial charge in [0, 0.05) is 36.0 Å². The standard InChI is InChI=1S/C20H17N3O2/c24-20(25)16-7-5-15(6-8-16)11-23-13-17(12-22-10-9-21-14-22)18-3-1-2-4-19(18)23/h1-10,13-14H,11-12H2,(H,24,25). The number of para-hydroxylation sites is 1. The lowest BCUT2D eigenvalue weighted by molar-refractivity contribution is 0.0697. The fourth-order valence-corrected chi connectivity index (χ4v) is 3.11. The van der Waals surface area contributed by atoms with Crippen molar-refractivity contribution < 1.29 is 9.90 Å². The van der Waals surface area contributed by atoms with Crippen LogP contribution < -0.4 is 0 Å². The van der Waals surface area contributed by atoms with Crippen LogP contribution >= 0.6 is 0 Å². The number of rotatable bonds is 5. The van der Waals surface area contributed by atoms with Crippen LogP contribution in [0.5, 0.6) is 0 Å². The number of carboxylic acids is 1. The van der Waals surface area contributed by atoms with E-state index in [0.29, 0.717) is 12.1 Å². The highest BCUT2D eigenvalue weighted by Crippen LogP contribution is 2.23. The monoisotopic (exact) mass is 331 g/mol. The summed E-state index contributed by atoms with van der Waals surface area (Å²) in [4.78, 5) is 15.1. The molecule has 0 atom stereocenters. The molecule has 0 spiro atoms. The molecule has 0 aliphatic rings. The van der Waals surface area contributed by atoms with Crippen molar-refractivity contribution in [3.63, 3.8) is 0 Å². The predicted octanol–water partition coefficient (Wildman–Crippen LogP) is 3.63. The van der Waals surface area contributed by atoms with E-state index in [2.05, 4.69) is 27.9 Å². The molecular formula is C20H17N3O2. The molecule has 5 heteroatoms. The van der Waals surface area contributed by atoms with Gasteiger partial charge in [-0.25, -0.2) is 9.78 Å². The molecule has 25 heavy (non-hydrogen) atoms. The Balaban J connectivity index is 1.68. The van der Waals surface area contributed by atoms with Gasteiger partial charge in [0.15, 0.2) is 0 Å². The third-order valence-corrected chi connectivity index (χ3v) is 4.34. The van der Waals surface area contributed by atoms with Gasteiger partial charge in [-0.15, -0.1) is 0 Å². The fraction of sp³-hybridized carbons (Fsp3) is 0.100. The van der Waals surface area contributed by atoms with Crippen LogP contribution in [0.3, 0.4) is 0 Å². The highest BCUT2D eigenvalue weighted by atomic mass is 16.4. The van der Waals surface area contributed by atoms with Crippen molar-refractivity contribution in [2.24, 2.45) is 0 Å². The first-order chi connectivity index (χ1) is 12.2. The van der Waals surface area contributed by atoms with Crippen molar-refractivity contribution in [2.75, 3.05) is 0 Å². The van der Waals surface area contributed by atoms with Crippen LogP contribution in [0.2, 0.25) is 0 Å². The van der Waals surface area contributed by atoms with E-state index in [4.69, 9.17) is 5.11 Å². The smallest absolute Gasteiger partial charge is 0.335 e. The first-order valence-corrected chi connectivity index (χ1v) is 8.05. The molecule has 124 valence electrons. The van der Waals surface area contributed by atoms with Gasteiger partial charge in [0.2, 0.25) is 0 Å². The molecule has 0 saturated heterocycles. The average Bonchev–Trinajstić information content (AvgIpc) is 3.25. The maximum absolute atomic E-state index is 11.0. The van der Waals surface area contributed by atoms with Crippen LogP contribution in [-0.2, 0) is 13.1 Å². The molecule has 0 radical (unpaired) electrons. The normalized spacial score (nSPS) is 11.0. The first kappa shape index (κ1) is 15.2. The van der Waals surface area contributed by atoms with Gasteiger partial charge in [-0.1, -0.05) is 30.3 Å². The summed E-state index contributed by atoms with van der Waals surface area (Å²) in [6.45, 7) is 1.47. The van der Waals surface area contributed by atoms with E-state index in [1.54, 1.807) is 18.3 Å². The van der Waals surface area contributed by atoms with Gasteiger partial charge in [0.25, 0.3) is 0 Å². The van der Waals surface area contributed by atoms with Crippen molar-refractivity contribution in [3.05, 3.63) is 90.1 Å². The van der Waals surface area contributed by atoms with Crippen molar-refractivity contribution >= 4 is 16.9 Å². The summed E-state index contributed by atoms with van der Waals surface area (Å²) in [6, 6.07) is 15.4. The number of carboxylic acid groups (broad SMARTS) is 1. The summed E-state index contributed by atoms with van der Waals surface area (Å²) < 4.78 is 4.26. The molecule has 0 saturated carbocycles. The number of fused-ring (bicyclic) bond motifs is 1. The molecule has 4 rings (SSSR count). The molecule has 0 aliphatic carbocycles. The summed E-state index contributed by atoms with van der Waals surface area (Å²) in [5, 5.41) is 10.2. The fourth-order valence-electron chi connectivity index (χ4n) is 3.11. The Morgan fingerprint density at radius 3 is 2.56 bits per heavy atom. The summed E-state index contributed by atoms with van der Waals surface area (Å²) >= 11 is 0.